The van der Waals surface area contributed by atoms with Gasteiger partial charge in [-0.2, -0.15) is 4.40 Å². The second kappa shape index (κ2) is 7.53. The van der Waals surface area contributed by atoms with E-state index in [0.717, 1.165) is 16.8 Å². The fourth-order valence-electron chi connectivity index (χ4n) is 3.41. The zero-order chi connectivity index (χ0) is 19.6. The van der Waals surface area contributed by atoms with Gasteiger partial charge in [-0.25, -0.2) is 15.0 Å². The fourth-order valence-corrected chi connectivity index (χ4v) is 3.41. The summed E-state index contributed by atoms with van der Waals surface area (Å²) in [5.74, 6) is 0.0681. The van der Waals surface area contributed by atoms with E-state index in [2.05, 4.69) is 20.3 Å². The number of aromatic amines is 1. The molecule has 0 saturated carbocycles. The maximum absolute atomic E-state index is 13.1. The standard InChI is InChI=1S/C19H21N5O4/c1-27-18-20-10-13(11-21-18)15-14-4-2-3-7-24(14)16(22-15)17(26)23-19(12-25)5-8-28-9-6-19/h2-4,7,10-11,25H,5-6,8-9,12H2,1H3,(H,23,26)/p+1. The monoisotopic (exact) mass is 384 g/mol. The summed E-state index contributed by atoms with van der Waals surface area (Å²) in [4.78, 5) is 24.5. The smallest absolute Gasteiger partial charge is 0.351 e. The number of aromatic nitrogens is 4. The van der Waals surface area contributed by atoms with Gasteiger partial charge in [0.15, 0.2) is 11.2 Å². The molecule has 4 heterocycles. The van der Waals surface area contributed by atoms with Gasteiger partial charge in [0, 0.05) is 25.6 Å². The minimum Gasteiger partial charge on any atom is -0.467 e. The lowest BCUT2D eigenvalue weighted by Crippen LogP contribution is -2.55. The minimum absolute atomic E-state index is 0.134. The van der Waals surface area contributed by atoms with Crippen molar-refractivity contribution in [2.75, 3.05) is 26.9 Å². The van der Waals surface area contributed by atoms with E-state index >= 15 is 0 Å². The number of carbonyl (C=O) groups is 1. The number of hydrogen-bond acceptors (Lipinski definition) is 6. The highest BCUT2D eigenvalue weighted by Gasteiger charge is 2.37. The van der Waals surface area contributed by atoms with Crippen LogP contribution in [0.15, 0.2) is 36.8 Å². The quantitative estimate of drug-likeness (QED) is 0.552. The zero-order valence-corrected chi connectivity index (χ0v) is 15.5. The Labute approximate surface area is 161 Å². The first-order valence-electron chi connectivity index (χ1n) is 9.06. The summed E-state index contributed by atoms with van der Waals surface area (Å²) in [5, 5.41) is 12.9. The van der Waals surface area contributed by atoms with Crippen LogP contribution in [0.4, 0.5) is 0 Å². The molecular weight excluding hydrogens is 362 g/mol. The number of aliphatic hydroxyl groups is 1. The molecule has 9 heteroatoms. The maximum atomic E-state index is 13.1. The van der Waals surface area contributed by atoms with Gasteiger partial charge in [-0.1, -0.05) is 6.07 Å². The fraction of sp³-hybridized carbons (Fsp3) is 0.368. The number of H-pyrrole nitrogens is 1. The van der Waals surface area contributed by atoms with Gasteiger partial charge in [-0.15, -0.1) is 0 Å². The van der Waals surface area contributed by atoms with E-state index in [1.165, 1.54) is 7.11 Å². The van der Waals surface area contributed by atoms with Crippen molar-refractivity contribution in [1.29, 1.82) is 0 Å². The van der Waals surface area contributed by atoms with Gasteiger partial charge in [0.2, 0.25) is 0 Å². The number of methoxy groups -OCH3 is 1. The van der Waals surface area contributed by atoms with Crippen molar-refractivity contribution in [2.24, 2.45) is 0 Å². The number of fused-ring (bicyclic) bond motifs is 1. The first kappa shape index (κ1) is 18.3. The predicted molar refractivity (Wildman–Crippen MR) is 98.9 cm³/mol. The van der Waals surface area contributed by atoms with Crippen LogP contribution < -0.4 is 14.5 Å². The number of aliphatic hydroxyl groups excluding tert-OH is 1. The van der Waals surface area contributed by atoms with Gasteiger partial charge in [-0.05, 0) is 25.0 Å². The highest BCUT2D eigenvalue weighted by molar-refractivity contribution is 5.92. The third-order valence-electron chi connectivity index (χ3n) is 5.05. The van der Waals surface area contributed by atoms with Crippen molar-refractivity contribution in [3.8, 4) is 17.3 Å². The topological polar surface area (TPSA) is 113 Å². The molecule has 0 unspecified atom stereocenters. The number of hydrogen-bond donors (Lipinski definition) is 3. The van der Waals surface area contributed by atoms with Crippen LogP contribution in [0, 0.1) is 0 Å². The summed E-state index contributed by atoms with van der Waals surface area (Å²) in [7, 11) is 1.50. The van der Waals surface area contributed by atoms with Crippen molar-refractivity contribution in [1.82, 2.24) is 20.3 Å². The van der Waals surface area contributed by atoms with Crippen molar-refractivity contribution in [3.05, 3.63) is 42.6 Å². The molecule has 3 aromatic heterocycles. The number of carbonyl (C=O) groups excluding carboxylic acids is 1. The van der Waals surface area contributed by atoms with Crippen molar-refractivity contribution < 1.29 is 23.8 Å². The third kappa shape index (κ3) is 3.30. The summed E-state index contributed by atoms with van der Waals surface area (Å²) in [6.07, 6.45) is 6.22. The molecule has 1 aliphatic heterocycles. The molecule has 0 aliphatic carbocycles. The van der Waals surface area contributed by atoms with Crippen molar-refractivity contribution in [2.45, 2.75) is 18.4 Å². The Morgan fingerprint density at radius 1 is 1.36 bits per heavy atom. The predicted octanol–water partition coefficient (Wildman–Crippen LogP) is 0.490. The minimum atomic E-state index is -0.675. The summed E-state index contributed by atoms with van der Waals surface area (Å²) in [6.45, 7) is 0.881. The number of imidazole rings is 1. The average molecular weight is 384 g/mol. The molecule has 3 N–H and O–H groups in total. The second-order valence-corrected chi connectivity index (χ2v) is 6.77. The zero-order valence-electron chi connectivity index (χ0n) is 15.5. The van der Waals surface area contributed by atoms with Gasteiger partial charge in [0.05, 0.1) is 31.0 Å². The molecule has 0 spiro atoms. The Morgan fingerprint density at radius 2 is 2.11 bits per heavy atom. The number of rotatable bonds is 5. The van der Waals surface area contributed by atoms with Crippen LogP contribution >= 0.6 is 0 Å². The van der Waals surface area contributed by atoms with E-state index in [9.17, 15) is 9.90 Å². The first-order chi connectivity index (χ1) is 13.7. The Morgan fingerprint density at radius 3 is 2.79 bits per heavy atom. The van der Waals surface area contributed by atoms with Crippen LogP contribution in [-0.2, 0) is 4.74 Å². The lowest BCUT2D eigenvalue weighted by atomic mass is 9.91. The van der Waals surface area contributed by atoms with E-state index in [4.69, 9.17) is 9.47 Å². The normalized spacial score (nSPS) is 16.1. The summed E-state index contributed by atoms with van der Waals surface area (Å²) in [5.41, 5.74) is 1.59. The molecule has 3 aromatic rings. The molecule has 0 radical (unpaired) electrons. The van der Waals surface area contributed by atoms with Gasteiger partial charge < -0.3 is 19.9 Å². The van der Waals surface area contributed by atoms with Crippen molar-refractivity contribution >= 4 is 11.4 Å². The summed E-state index contributed by atoms with van der Waals surface area (Å²) >= 11 is 0. The highest BCUT2D eigenvalue weighted by Crippen LogP contribution is 2.23. The molecule has 0 aromatic carbocycles. The van der Waals surface area contributed by atoms with Gasteiger partial charge in [0.25, 0.3) is 0 Å². The van der Waals surface area contributed by atoms with Crippen LogP contribution in [0.2, 0.25) is 0 Å². The molecule has 1 amide bonds. The van der Waals surface area contributed by atoms with Gasteiger partial charge in [-0.3, -0.25) is 4.79 Å². The molecule has 0 bridgehead atoms. The first-order valence-corrected chi connectivity index (χ1v) is 9.06. The molecule has 9 nitrogen and oxygen atoms in total. The largest absolute Gasteiger partial charge is 0.467 e. The number of nitrogens with one attached hydrogen (secondary N) is 2. The van der Waals surface area contributed by atoms with E-state index in [1.54, 1.807) is 16.8 Å². The lowest BCUT2D eigenvalue weighted by Gasteiger charge is -2.35. The average Bonchev–Trinajstić information content (AvgIpc) is 3.14. The SMILES string of the molecule is COc1ncc(-c2[nH]c(C(=O)NC3(CO)CCOCC3)[n+]3ccccc23)cn1. The van der Waals surface area contributed by atoms with Crippen molar-refractivity contribution in [3.63, 3.8) is 0 Å². The lowest BCUT2D eigenvalue weighted by molar-refractivity contribution is -0.514. The van der Waals surface area contributed by atoms with E-state index in [-0.39, 0.29) is 18.5 Å². The second-order valence-electron chi connectivity index (χ2n) is 6.77. The Hall–Kier alpha value is -3.04. The van der Waals surface area contributed by atoms with Crippen LogP contribution in [0.3, 0.4) is 0 Å². The maximum Gasteiger partial charge on any atom is 0.351 e. The van der Waals surface area contributed by atoms with Crippen LogP contribution in [0.25, 0.3) is 16.8 Å². The molecule has 0 atom stereocenters. The molecule has 28 heavy (non-hydrogen) atoms. The molecule has 4 rings (SSSR count). The van der Waals surface area contributed by atoms with Gasteiger partial charge >= 0.3 is 17.7 Å². The van der Waals surface area contributed by atoms with Crippen LogP contribution in [0.5, 0.6) is 6.01 Å². The van der Waals surface area contributed by atoms with Crippen LogP contribution in [0.1, 0.15) is 23.5 Å². The van der Waals surface area contributed by atoms with E-state index in [0.29, 0.717) is 31.9 Å². The highest BCUT2D eigenvalue weighted by atomic mass is 16.5. The number of ether oxygens (including phenoxy) is 2. The Kier molecular flexibility index (Phi) is 4.93. The van der Waals surface area contributed by atoms with E-state index < -0.39 is 5.54 Å². The molecule has 146 valence electrons. The molecular formula is C19H22N5O4+. The van der Waals surface area contributed by atoms with E-state index in [1.807, 2.05) is 24.4 Å². The molecule has 1 aliphatic rings. The molecule has 1 saturated heterocycles. The van der Waals surface area contributed by atoms with Gasteiger partial charge in [0.1, 0.15) is 0 Å². The third-order valence-corrected chi connectivity index (χ3v) is 5.05. The number of pyridine rings is 1. The summed E-state index contributed by atoms with van der Waals surface area (Å²) < 4.78 is 12.2. The van der Waals surface area contributed by atoms with Crippen LogP contribution in [-0.4, -0.2) is 58.4 Å². The number of nitrogens with zero attached hydrogens (tertiary/aromatic N) is 3. The number of amides is 1. The Bertz CT molecular complexity index is 980. The molecule has 1 fully saturated rings. The Balaban J connectivity index is 1.72. The summed E-state index contributed by atoms with van der Waals surface area (Å²) in [6, 6.07) is 5.92.